The van der Waals surface area contributed by atoms with Crippen LogP contribution in [0.3, 0.4) is 0 Å². The molecule has 0 atom stereocenters. The lowest BCUT2D eigenvalue weighted by atomic mass is 10.0. The van der Waals surface area contributed by atoms with Crippen molar-refractivity contribution in [2.24, 2.45) is 6.98 Å². The molecule has 0 aliphatic heterocycles. The number of hydrogen-bond donors (Lipinski definition) is 0. The summed E-state index contributed by atoms with van der Waals surface area (Å²) in [5, 5.41) is 0. The molecule has 0 N–H and O–H groups in total. The van der Waals surface area contributed by atoms with Gasteiger partial charge in [0.1, 0.15) is 12.4 Å². The molecule has 0 saturated carbocycles. The highest BCUT2D eigenvalue weighted by molar-refractivity contribution is 5.69. The first-order valence-electron chi connectivity index (χ1n) is 17.8. The molecule has 0 unspecified atom stereocenters. The van der Waals surface area contributed by atoms with Crippen LogP contribution >= 0.6 is 0 Å². The van der Waals surface area contributed by atoms with Gasteiger partial charge in [0.25, 0.3) is 5.56 Å². The number of imidazole rings is 1. The molecule has 2 rings (SSSR count). The summed E-state index contributed by atoms with van der Waals surface area (Å²) in [4.78, 5) is 30.5. The molecule has 0 saturated heterocycles. The minimum Gasteiger partial charge on any atom is -0.361 e. The van der Waals surface area contributed by atoms with E-state index in [2.05, 4.69) is 9.72 Å². The molecule has 134 valence electrons. The SMILES string of the molecule is [2H]C([2H])([2H])n1c(=O)n(C([2H])([2H])C([2H])([2H])C([2H])([2H])C([2H])([2H])C(F)(C([2H])([2H])[2H])C([2H])([2H])[2H])c(=O)c2c1ncn2C([2H])([2H])OC([2H])([2H])C([2H])([2H])[2H]. The number of nitrogens with zero attached hydrogens (tertiary/aromatic N) is 4. The van der Waals surface area contributed by atoms with Gasteiger partial charge in [0.2, 0.25) is 0 Å². The van der Waals surface area contributed by atoms with E-state index in [-0.39, 0.29) is 10.9 Å². The molecule has 0 aromatic carbocycles. The van der Waals surface area contributed by atoms with Gasteiger partial charge in [0.05, 0.1) is 14.6 Å². The number of fused-ring (bicyclic) bond motifs is 1. The van der Waals surface area contributed by atoms with Crippen molar-refractivity contribution in [1.29, 1.82) is 0 Å². The second-order valence-corrected chi connectivity index (χ2v) is 3.99. The normalized spacial score (nSPS) is 32.7. The van der Waals surface area contributed by atoms with Crippen LogP contribution in [-0.4, -0.2) is 30.9 Å². The molecule has 0 spiro atoms. The lowest BCUT2D eigenvalue weighted by Crippen LogP contribution is -2.39. The summed E-state index contributed by atoms with van der Waals surface area (Å²) in [5.74, 6) is 0. The third kappa shape index (κ3) is 3.92. The number of ether oxygens (including phenoxy) is 1. The highest BCUT2D eigenvalue weighted by atomic mass is 19.1. The molecule has 2 aromatic rings. The number of hydrogen-bond acceptors (Lipinski definition) is 4. The summed E-state index contributed by atoms with van der Waals surface area (Å²) in [5.41, 5.74) is -13.0. The number of aromatic nitrogens is 4. The molecule has 0 aliphatic carbocycles. The Balaban J connectivity index is 3.16. The van der Waals surface area contributed by atoms with Gasteiger partial charge in [-0.3, -0.25) is 13.9 Å². The van der Waals surface area contributed by atoms with Crippen molar-refractivity contribution in [3.8, 4) is 0 Å². The van der Waals surface area contributed by atoms with Gasteiger partial charge in [-0.25, -0.2) is 14.2 Å². The Morgan fingerprint density at radius 3 is 2.96 bits per heavy atom. The lowest BCUT2D eigenvalue weighted by Gasteiger charge is -2.14. The van der Waals surface area contributed by atoms with E-state index in [1.165, 1.54) is 0 Å². The maximum atomic E-state index is 16.0. The molecular weight excluding hydrogens is 315 g/mol. The number of alkyl halides is 1. The zero-order valence-corrected chi connectivity index (χ0v) is 11.5. The van der Waals surface area contributed by atoms with Crippen molar-refractivity contribution < 1.29 is 42.0 Å². The standard InChI is InChI=1S/C16H25FN4O3/c1-5-24-11-20-10-18-13-12(20)14(22)21(15(23)19(13)4)9-7-6-8-16(2,3)17/h10H,5-9,11H2,1-4H3/i1D3,2D3,3D3,4D3,5D2,6D2,7D2,8D2,9D2,11D2. The fraction of sp³-hybridized carbons (Fsp3) is 0.688. The quantitative estimate of drug-likeness (QED) is 0.716. The summed E-state index contributed by atoms with van der Waals surface area (Å²) >= 11 is 0. The van der Waals surface area contributed by atoms with E-state index < -0.39 is 104 Å². The van der Waals surface area contributed by atoms with Crippen molar-refractivity contribution in [3.63, 3.8) is 0 Å². The Hall–Kier alpha value is -1.96. The molecule has 0 fully saturated rings. The smallest absolute Gasteiger partial charge is 0.332 e. The van der Waals surface area contributed by atoms with Crippen LogP contribution in [-0.2, 0) is 24.9 Å². The van der Waals surface area contributed by atoms with Gasteiger partial charge in [-0.15, -0.1) is 0 Å². The molecule has 2 aromatic heterocycles. The summed E-state index contributed by atoms with van der Waals surface area (Å²) in [6.07, 6.45) is -14.9. The van der Waals surface area contributed by atoms with Crippen LogP contribution < -0.4 is 11.2 Å². The molecule has 0 aliphatic rings. The van der Waals surface area contributed by atoms with Crippen LogP contribution in [0, 0.1) is 0 Å². The van der Waals surface area contributed by atoms with E-state index >= 15 is 4.39 Å². The fourth-order valence-corrected chi connectivity index (χ4v) is 1.53. The van der Waals surface area contributed by atoms with Crippen molar-refractivity contribution in [3.05, 3.63) is 27.2 Å². The van der Waals surface area contributed by atoms with Crippen molar-refractivity contribution in [1.82, 2.24) is 18.7 Å². The van der Waals surface area contributed by atoms with Crippen LogP contribution in [0.4, 0.5) is 4.39 Å². The first kappa shape index (κ1) is 4.41. The first-order valence-corrected chi connectivity index (χ1v) is 5.78. The van der Waals surface area contributed by atoms with Crippen LogP contribution in [0.2, 0.25) is 0 Å². The Bertz CT molecular complexity index is 1660. The van der Waals surface area contributed by atoms with E-state index in [9.17, 15) is 9.59 Å². The zero-order chi connectivity index (χ0) is 38.7. The second-order valence-electron chi connectivity index (χ2n) is 3.99. The van der Waals surface area contributed by atoms with E-state index in [1.807, 2.05) is 0 Å². The van der Waals surface area contributed by atoms with Crippen LogP contribution in [0.5, 0.6) is 0 Å². The van der Waals surface area contributed by atoms with E-state index in [0.717, 1.165) is 0 Å². The molecule has 7 nitrogen and oxygen atoms in total. The minimum absolute atomic E-state index is 0.167. The Morgan fingerprint density at radius 1 is 1.42 bits per heavy atom. The van der Waals surface area contributed by atoms with Gasteiger partial charge in [0.15, 0.2) is 11.2 Å². The third-order valence-electron chi connectivity index (χ3n) is 2.41. The van der Waals surface area contributed by atoms with E-state index in [4.69, 9.17) is 32.9 Å². The maximum Gasteiger partial charge on any atom is 0.332 e. The molecule has 0 amide bonds. The Labute approximate surface area is 173 Å². The predicted octanol–water partition coefficient (Wildman–Crippen LogP) is 1.81. The van der Waals surface area contributed by atoms with Crippen molar-refractivity contribution in [2.75, 3.05) is 6.56 Å². The highest BCUT2D eigenvalue weighted by Gasteiger charge is 2.17. The van der Waals surface area contributed by atoms with Gasteiger partial charge in [0, 0.05) is 44.7 Å². The number of halogens is 1. The van der Waals surface area contributed by atoms with E-state index in [0.29, 0.717) is 0 Å². The van der Waals surface area contributed by atoms with Gasteiger partial charge in [-0.1, -0.05) is 0 Å². The van der Waals surface area contributed by atoms with Gasteiger partial charge in [-0.2, -0.15) is 0 Å². The topological polar surface area (TPSA) is 71.0 Å². The molecular formula is C16H25FN4O3. The number of aryl methyl sites for hydroxylation is 1. The van der Waals surface area contributed by atoms with Crippen LogP contribution in [0.1, 0.15) is 72.6 Å². The average Bonchev–Trinajstić information content (AvgIpc) is 3.25. The largest absolute Gasteiger partial charge is 0.361 e. The summed E-state index contributed by atoms with van der Waals surface area (Å²) < 4.78 is 204. The molecule has 24 heavy (non-hydrogen) atoms. The van der Waals surface area contributed by atoms with Crippen molar-refractivity contribution in [2.45, 2.75) is 58.5 Å². The summed E-state index contributed by atoms with van der Waals surface area (Å²) in [6.45, 7) is -29.3. The average molecular weight is 365 g/mol. The minimum atomic E-state index is -5.32. The third-order valence-corrected chi connectivity index (χ3v) is 2.41. The summed E-state index contributed by atoms with van der Waals surface area (Å²) in [6, 6.07) is 0. The molecule has 0 radical (unpaired) electrons. The Kier molecular flexibility index (Phi) is 1.34. The maximum absolute atomic E-state index is 16.0. The first-order chi connectivity index (χ1) is 20.6. The Morgan fingerprint density at radius 2 is 2.25 bits per heavy atom. The van der Waals surface area contributed by atoms with Gasteiger partial charge in [-0.05, 0) is 39.7 Å². The zero-order valence-electron chi connectivity index (χ0n) is 35.5. The van der Waals surface area contributed by atoms with E-state index in [1.54, 1.807) is 0 Å². The molecule has 0 bridgehead atoms. The van der Waals surface area contributed by atoms with Crippen LogP contribution in [0.15, 0.2) is 15.9 Å². The fourth-order valence-electron chi connectivity index (χ4n) is 1.53. The van der Waals surface area contributed by atoms with Gasteiger partial charge < -0.3 is 9.30 Å². The lowest BCUT2D eigenvalue weighted by molar-refractivity contribution is 0.0903. The highest BCUT2D eigenvalue weighted by Crippen LogP contribution is 2.17. The summed E-state index contributed by atoms with van der Waals surface area (Å²) in [7, 11) is 0. The van der Waals surface area contributed by atoms with Gasteiger partial charge >= 0.3 is 5.69 Å². The second kappa shape index (κ2) is 7.29. The predicted molar refractivity (Wildman–Crippen MR) is 89.9 cm³/mol. The molecule has 2 heterocycles. The number of rotatable bonds is 8. The molecule has 8 heteroatoms. The van der Waals surface area contributed by atoms with Crippen molar-refractivity contribution >= 4 is 11.2 Å². The van der Waals surface area contributed by atoms with Crippen LogP contribution in [0.25, 0.3) is 11.2 Å². The monoisotopic (exact) mass is 364 g/mol.